The summed E-state index contributed by atoms with van der Waals surface area (Å²) < 4.78 is 40.3. The molecule has 0 N–H and O–H groups in total. The highest BCUT2D eigenvalue weighted by molar-refractivity contribution is 6.74. The molecule has 1 saturated carbocycles. The minimum atomic E-state index is -1.82. The van der Waals surface area contributed by atoms with Gasteiger partial charge in [0.1, 0.15) is 17.7 Å². The van der Waals surface area contributed by atoms with Gasteiger partial charge < -0.3 is 18.3 Å². The summed E-state index contributed by atoms with van der Waals surface area (Å²) in [4.78, 5) is 11.5. The van der Waals surface area contributed by atoms with Gasteiger partial charge in [-0.2, -0.15) is 0 Å². The van der Waals surface area contributed by atoms with Crippen molar-refractivity contribution in [3.05, 3.63) is 23.7 Å². The molecule has 0 aromatic carbocycles. The number of methoxy groups -OCH3 is 1. The fourth-order valence-corrected chi connectivity index (χ4v) is 12.5. The van der Waals surface area contributed by atoms with E-state index < -0.39 is 16.6 Å². The smallest absolute Gasteiger partial charge is 0.305 e. The van der Waals surface area contributed by atoms with Crippen molar-refractivity contribution in [3.8, 4) is 0 Å². The quantitative estimate of drug-likeness (QED) is 0.0593. The normalized spacial score (nSPS) is 24.9. The Kier molecular flexibility index (Phi) is 15.9. The van der Waals surface area contributed by atoms with E-state index in [0.717, 1.165) is 49.1 Å². The number of rotatable bonds is 20. The van der Waals surface area contributed by atoms with E-state index in [-0.39, 0.29) is 54.8 Å². The molecule has 0 bridgehead atoms. The molecular weight excluding hydrogens is 552 g/mol. The van der Waals surface area contributed by atoms with E-state index >= 15 is 4.39 Å². The molecule has 8 heteroatoms. The van der Waals surface area contributed by atoms with Gasteiger partial charge in [0.05, 0.1) is 19.3 Å². The van der Waals surface area contributed by atoms with E-state index in [0.29, 0.717) is 18.6 Å². The average molecular weight is 613 g/mol. The van der Waals surface area contributed by atoms with Gasteiger partial charge in [-0.3, -0.25) is 4.79 Å². The van der Waals surface area contributed by atoms with Crippen LogP contribution in [-0.4, -0.2) is 48.0 Å². The van der Waals surface area contributed by atoms with E-state index in [4.69, 9.17) is 18.3 Å². The molecule has 2 rings (SSSR count). The average Bonchev–Trinajstić information content (AvgIpc) is 3.55. The SMILES string of the molecule is CCCCC[C@@H](/C=C/[C@@H]1[C@H]2CC(=C(F)CCCC(=O)OC)O[C@H]2C[C@H]1O[Si](CC)(CC)CC)O[Si](CC)(CC)CC. The molecule has 0 aromatic rings. The number of carbonyl (C=O) groups is 1. The molecule has 0 radical (unpaired) electrons. The molecule has 0 spiro atoms. The molecule has 1 aliphatic heterocycles. The van der Waals surface area contributed by atoms with Gasteiger partial charge in [-0.05, 0) is 49.1 Å². The Morgan fingerprint density at radius 1 is 0.951 bits per heavy atom. The van der Waals surface area contributed by atoms with Crippen LogP contribution in [0.15, 0.2) is 23.7 Å². The summed E-state index contributed by atoms with van der Waals surface area (Å²) >= 11 is 0. The number of ether oxygens (including phenoxy) is 2. The molecular formula is C33H61FO5Si2. The molecule has 0 aromatic heterocycles. The lowest BCUT2D eigenvalue weighted by Crippen LogP contribution is -2.41. The first-order chi connectivity index (χ1) is 19.7. The van der Waals surface area contributed by atoms with Gasteiger partial charge in [-0.1, -0.05) is 79.9 Å². The standard InChI is InChI=1S/C33H61FO5Si2/c1-9-16-17-19-26(38-40(10-2,11-3)12-4)22-23-27-28-24-32(29(34)20-18-21-33(35)36-8)37-30(28)25-31(27)39-41(13-5,14-6)15-7/h22-23,26-28,30-31H,9-21,24-25H2,1-8H3/b23-22+,32-29?/t26-,27+,28+,30-,31+/m0/s1. The Labute approximate surface area is 253 Å². The van der Waals surface area contributed by atoms with Crippen molar-refractivity contribution in [1.29, 1.82) is 0 Å². The maximum absolute atomic E-state index is 15.2. The van der Waals surface area contributed by atoms with Crippen LogP contribution in [-0.2, 0) is 23.1 Å². The summed E-state index contributed by atoms with van der Waals surface area (Å²) in [5, 5.41) is 0. The van der Waals surface area contributed by atoms with Gasteiger partial charge in [0.2, 0.25) is 0 Å². The molecule has 238 valence electrons. The largest absolute Gasteiger partial charge is 0.492 e. The number of halogens is 1. The van der Waals surface area contributed by atoms with Crippen LogP contribution in [0.3, 0.4) is 0 Å². The van der Waals surface area contributed by atoms with Crippen LogP contribution in [0.25, 0.3) is 0 Å². The van der Waals surface area contributed by atoms with E-state index in [9.17, 15) is 4.79 Å². The Bertz CT molecular complexity index is 823. The number of unbranched alkanes of at least 4 members (excludes halogenated alkanes) is 2. The first-order valence-corrected chi connectivity index (χ1v) is 21.9. The fraction of sp³-hybridized carbons (Fsp3) is 0.848. The zero-order valence-corrected chi connectivity index (χ0v) is 29.6. The van der Waals surface area contributed by atoms with Crippen molar-refractivity contribution in [1.82, 2.24) is 0 Å². The number of fused-ring (bicyclic) bond motifs is 1. The first kappa shape index (κ1) is 36.2. The van der Waals surface area contributed by atoms with Gasteiger partial charge in [-0.15, -0.1) is 0 Å². The third kappa shape index (κ3) is 10.0. The number of allylic oxidation sites excluding steroid dienone is 2. The van der Waals surface area contributed by atoms with Crippen LogP contribution < -0.4 is 0 Å². The topological polar surface area (TPSA) is 54.0 Å². The minimum absolute atomic E-state index is 0.0249. The van der Waals surface area contributed by atoms with Gasteiger partial charge in [0, 0.05) is 37.5 Å². The molecule has 0 amide bonds. The second-order valence-electron chi connectivity index (χ2n) is 12.3. The maximum Gasteiger partial charge on any atom is 0.305 e. The van der Waals surface area contributed by atoms with Gasteiger partial charge in [0.15, 0.2) is 16.6 Å². The fourth-order valence-electron chi connectivity index (χ4n) is 6.81. The van der Waals surface area contributed by atoms with Crippen LogP contribution in [0, 0.1) is 11.8 Å². The number of hydrogen-bond donors (Lipinski definition) is 0. The summed E-state index contributed by atoms with van der Waals surface area (Å²) in [6, 6.07) is 6.78. The summed E-state index contributed by atoms with van der Waals surface area (Å²) in [6.07, 6.45) is 11.9. The van der Waals surface area contributed by atoms with Gasteiger partial charge in [-0.25, -0.2) is 4.39 Å². The molecule has 41 heavy (non-hydrogen) atoms. The van der Waals surface area contributed by atoms with Crippen LogP contribution >= 0.6 is 0 Å². The summed E-state index contributed by atoms with van der Waals surface area (Å²) in [5.41, 5.74) is 0. The second-order valence-corrected chi connectivity index (χ2v) is 21.7. The molecule has 5 atom stereocenters. The molecule has 2 fully saturated rings. The number of esters is 1. The lowest BCUT2D eigenvalue weighted by Gasteiger charge is -2.35. The van der Waals surface area contributed by atoms with E-state index in [2.05, 4.69) is 60.6 Å². The molecule has 1 aliphatic carbocycles. The molecule has 0 unspecified atom stereocenters. The monoisotopic (exact) mass is 612 g/mol. The maximum atomic E-state index is 15.2. The summed E-state index contributed by atoms with van der Waals surface area (Å²) in [6.45, 7) is 16.0. The molecule has 2 aliphatic rings. The zero-order chi connectivity index (χ0) is 30.5. The predicted octanol–water partition coefficient (Wildman–Crippen LogP) is 9.85. The van der Waals surface area contributed by atoms with Crippen LogP contribution in [0.1, 0.15) is 106 Å². The predicted molar refractivity (Wildman–Crippen MR) is 173 cm³/mol. The number of hydrogen-bond acceptors (Lipinski definition) is 5. The lowest BCUT2D eigenvalue weighted by atomic mass is 9.90. The van der Waals surface area contributed by atoms with Crippen LogP contribution in [0.5, 0.6) is 0 Å². The van der Waals surface area contributed by atoms with Crippen molar-refractivity contribution >= 4 is 22.6 Å². The van der Waals surface area contributed by atoms with Gasteiger partial charge in [0.25, 0.3) is 0 Å². The zero-order valence-electron chi connectivity index (χ0n) is 27.6. The van der Waals surface area contributed by atoms with E-state index in [1.807, 2.05) is 0 Å². The van der Waals surface area contributed by atoms with E-state index in [1.54, 1.807) is 0 Å². The van der Waals surface area contributed by atoms with Crippen LogP contribution in [0.4, 0.5) is 4.39 Å². The first-order valence-electron chi connectivity index (χ1n) is 16.8. The molecule has 1 saturated heterocycles. The number of carbonyl (C=O) groups excluding carboxylic acids is 1. The van der Waals surface area contributed by atoms with Crippen molar-refractivity contribution in [2.75, 3.05) is 7.11 Å². The highest BCUT2D eigenvalue weighted by Gasteiger charge is 2.51. The van der Waals surface area contributed by atoms with Crippen molar-refractivity contribution in [2.45, 2.75) is 161 Å². The Morgan fingerprint density at radius 2 is 1.59 bits per heavy atom. The third-order valence-corrected chi connectivity index (χ3v) is 19.5. The van der Waals surface area contributed by atoms with Crippen molar-refractivity contribution in [3.63, 3.8) is 0 Å². The molecule has 5 nitrogen and oxygen atoms in total. The summed E-state index contributed by atoms with van der Waals surface area (Å²) in [5.74, 6) is 0.363. The third-order valence-electron chi connectivity index (χ3n) is 10.2. The highest BCUT2D eigenvalue weighted by atomic mass is 28.4. The Balaban J connectivity index is 2.32. The van der Waals surface area contributed by atoms with Crippen molar-refractivity contribution < 1.29 is 27.5 Å². The lowest BCUT2D eigenvalue weighted by molar-refractivity contribution is -0.140. The second kappa shape index (κ2) is 18.0. The highest BCUT2D eigenvalue weighted by Crippen LogP contribution is 2.49. The Morgan fingerprint density at radius 3 is 2.15 bits per heavy atom. The molecule has 1 heterocycles. The van der Waals surface area contributed by atoms with Gasteiger partial charge >= 0.3 is 5.97 Å². The van der Waals surface area contributed by atoms with Crippen molar-refractivity contribution in [2.24, 2.45) is 11.8 Å². The van der Waals surface area contributed by atoms with Crippen LogP contribution in [0.2, 0.25) is 36.3 Å². The minimum Gasteiger partial charge on any atom is -0.492 e. The summed E-state index contributed by atoms with van der Waals surface area (Å²) in [7, 11) is -2.21. The Hall–Kier alpha value is -0.966. The van der Waals surface area contributed by atoms with E-state index in [1.165, 1.54) is 26.4 Å².